The summed E-state index contributed by atoms with van der Waals surface area (Å²) in [6.45, 7) is 0.678. The van der Waals surface area contributed by atoms with E-state index in [4.69, 9.17) is 34.3 Å². The van der Waals surface area contributed by atoms with E-state index in [2.05, 4.69) is 0 Å². The second-order valence-corrected chi connectivity index (χ2v) is 5.43. The van der Waals surface area contributed by atoms with Crippen LogP contribution in [0.3, 0.4) is 0 Å². The van der Waals surface area contributed by atoms with Gasteiger partial charge in [-0.15, -0.1) is 0 Å². The van der Waals surface area contributed by atoms with Crippen molar-refractivity contribution in [2.24, 2.45) is 5.73 Å². The number of rotatable bonds is 4. The quantitative estimate of drug-likeness (QED) is 0.664. The lowest BCUT2D eigenvalue weighted by Gasteiger charge is -2.22. The molecule has 0 atom stereocenters. The van der Waals surface area contributed by atoms with Crippen LogP contribution in [-0.4, -0.2) is 12.9 Å². The Morgan fingerprint density at radius 2 is 1.70 bits per heavy atom. The second-order valence-electron chi connectivity index (χ2n) is 4.56. The monoisotopic (exact) mass is 307 g/mol. The average Bonchev–Trinajstić information content (AvgIpc) is 2.41. The molecular weight excluding hydrogens is 293 g/mol. The fourth-order valence-corrected chi connectivity index (χ4v) is 2.29. The summed E-state index contributed by atoms with van der Waals surface area (Å²) in [5.41, 5.74) is 8.23. The minimum Gasteiger partial charge on any atom is -0.384 e. The number of nitrogen functional groups attached to an aromatic ring is 1. The van der Waals surface area contributed by atoms with E-state index in [9.17, 15) is 0 Å². The van der Waals surface area contributed by atoms with Crippen molar-refractivity contribution in [3.8, 4) is 0 Å². The molecular formula is C15H15Cl2N3. The van der Waals surface area contributed by atoms with Gasteiger partial charge in [-0.1, -0.05) is 35.3 Å². The topological polar surface area (TPSA) is 53.1 Å². The van der Waals surface area contributed by atoms with Crippen molar-refractivity contribution in [3.05, 3.63) is 63.6 Å². The van der Waals surface area contributed by atoms with Crippen LogP contribution >= 0.6 is 23.2 Å². The number of nitrogens with zero attached hydrogens (tertiary/aromatic N) is 1. The summed E-state index contributed by atoms with van der Waals surface area (Å²) in [5, 5.41) is 8.97. The molecule has 0 aromatic heterocycles. The van der Waals surface area contributed by atoms with Gasteiger partial charge in [0.05, 0.1) is 0 Å². The predicted octanol–water partition coefficient (Wildman–Crippen LogP) is 3.91. The van der Waals surface area contributed by atoms with Crippen LogP contribution in [0.4, 0.5) is 5.69 Å². The van der Waals surface area contributed by atoms with Crippen LogP contribution in [0.1, 0.15) is 11.1 Å². The van der Waals surface area contributed by atoms with Crippen LogP contribution in [0.2, 0.25) is 10.0 Å². The van der Waals surface area contributed by atoms with Gasteiger partial charge in [0.1, 0.15) is 5.84 Å². The van der Waals surface area contributed by atoms with Crippen LogP contribution in [0, 0.1) is 5.41 Å². The molecule has 3 nitrogen and oxygen atoms in total. The lowest BCUT2D eigenvalue weighted by atomic mass is 10.1. The summed E-state index contributed by atoms with van der Waals surface area (Å²) in [4.78, 5) is 2.01. The van der Waals surface area contributed by atoms with Crippen LogP contribution in [0.5, 0.6) is 0 Å². The third-order valence-electron chi connectivity index (χ3n) is 2.99. The number of hydrogen-bond donors (Lipinski definition) is 2. The van der Waals surface area contributed by atoms with Crippen LogP contribution in [0.15, 0.2) is 42.5 Å². The third kappa shape index (κ3) is 3.44. The molecule has 0 heterocycles. The van der Waals surface area contributed by atoms with E-state index >= 15 is 0 Å². The largest absolute Gasteiger partial charge is 0.384 e. The summed E-state index contributed by atoms with van der Waals surface area (Å²) in [6, 6.07) is 13.0. The highest BCUT2D eigenvalue weighted by atomic mass is 35.5. The van der Waals surface area contributed by atoms with Gasteiger partial charge < -0.3 is 10.6 Å². The molecule has 5 heteroatoms. The number of nitrogens with two attached hydrogens (primary N) is 1. The lowest BCUT2D eigenvalue weighted by Crippen LogP contribution is -2.22. The lowest BCUT2D eigenvalue weighted by molar-refractivity contribution is 0.921. The molecule has 3 N–H and O–H groups in total. The molecule has 0 amide bonds. The Labute approximate surface area is 128 Å². The van der Waals surface area contributed by atoms with Crippen molar-refractivity contribution in [2.75, 3.05) is 11.9 Å². The van der Waals surface area contributed by atoms with Gasteiger partial charge in [-0.2, -0.15) is 0 Å². The predicted molar refractivity (Wildman–Crippen MR) is 86.0 cm³/mol. The van der Waals surface area contributed by atoms with Gasteiger partial charge in [0.25, 0.3) is 0 Å². The van der Waals surface area contributed by atoms with Gasteiger partial charge in [-0.3, -0.25) is 5.41 Å². The molecule has 0 radical (unpaired) electrons. The summed E-state index contributed by atoms with van der Waals surface area (Å²) < 4.78 is 0. The maximum absolute atomic E-state index is 7.64. The molecule has 0 aliphatic carbocycles. The standard InChI is InChI=1S/C15H15Cl2N3/c1-20(9-10-2-4-11(16)5-3-10)14-8-12(17)6-7-13(14)15(18)19/h2-8H,9H2,1H3,(H3,18,19). The molecule has 20 heavy (non-hydrogen) atoms. The third-order valence-corrected chi connectivity index (χ3v) is 3.48. The van der Waals surface area contributed by atoms with Gasteiger partial charge in [-0.25, -0.2) is 0 Å². The molecule has 0 saturated heterocycles. The minimum absolute atomic E-state index is 0.0274. The highest BCUT2D eigenvalue weighted by molar-refractivity contribution is 6.31. The molecule has 2 rings (SSSR count). The number of amidine groups is 1. The Balaban J connectivity index is 2.28. The zero-order valence-electron chi connectivity index (χ0n) is 11.0. The van der Waals surface area contributed by atoms with E-state index < -0.39 is 0 Å². The Bertz CT molecular complexity index is 624. The molecule has 0 spiro atoms. The molecule has 0 unspecified atom stereocenters. The van der Waals surface area contributed by atoms with Crippen LogP contribution in [-0.2, 0) is 6.54 Å². The Kier molecular flexibility index (Phi) is 4.53. The first-order valence-electron chi connectivity index (χ1n) is 6.07. The van der Waals surface area contributed by atoms with Gasteiger partial charge >= 0.3 is 0 Å². The number of anilines is 1. The molecule has 2 aromatic carbocycles. The van der Waals surface area contributed by atoms with Crippen LogP contribution in [0.25, 0.3) is 0 Å². The van der Waals surface area contributed by atoms with E-state index in [1.54, 1.807) is 12.1 Å². The van der Waals surface area contributed by atoms with Crippen molar-refractivity contribution in [1.82, 2.24) is 0 Å². The van der Waals surface area contributed by atoms with E-state index in [0.29, 0.717) is 22.2 Å². The number of benzene rings is 2. The zero-order chi connectivity index (χ0) is 14.7. The van der Waals surface area contributed by atoms with Gasteiger partial charge in [0.15, 0.2) is 0 Å². The van der Waals surface area contributed by atoms with Crippen molar-refractivity contribution in [1.29, 1.82) is 5.41 Å². The first-order valence-corrected chi connectivity index (χ1v) is 6.82. The van der Waals surface area contributed by atoms with E-state index in [1.165, 1.54) is 0 Å². The van der Waals surface area contributed by atoms with Crippen molar-refractivity contribution >= 4 is 34.7 Å². The van der Waals surface area contributed by atoms with Gasteiger partial charge in [0.2, 0.25) is 0 Å². The van der Waals surface area contributed by atoms with E-state index in [1.807, 2.05) is 42.3 Å². The summed E-state index contributed by atoms with van der Waals surface area (Å²) in [7, 11) is 1.94. The summed E-state index contributed by atoms with van der Waals surface area (Å²) in [6.07, 6.45) is 0. The highest BCUT2D eigenvalue weighted by Crippen LogP contribution is 2.25. The Hall–Kier alpha value is -1.71. The Morgan fingerprint density at radius 3 is 2.30 bits per heavy atom. The number of hydrogen-bond acceptors (Lipinski definition) is 2. The highest BCUT2D eigenvalue weighted by Gasteiger charge is 2.11. The summed E-state index contributed by atoms with van der Waals surface area (Å²) >= 11 is 11.9. The van der Waals surface area contributed by atoms with Crippen LogP contribution < -0.4 is 10.6 Å². The maximum Gasteiger partial charge on any atom is 0.124 e. The molecule has 0 fully saturated rings. The SMILES string of the molecule is CN(Cc1ccc(Cl)cc1)c1cc(Cl)ccc1C(=N)N. The van der Waals surface area contributed by atoms with Crippen molar-refractivity contribution in [2.45, 2.75) is 6.54 Å². The van der Waals surface area contributed by atoms with Gasteiger partial charge in [-0.05, 0) is 35.9 Å². The first-order chi connectivity index (χ1) is 9.47. The fourth-order valence-electron chi connectivity index (χ4n) is 2.00. The molecule has 104 valence electrons. The van der Waals surface area contributed by atoms with E-state index in [0.717, 1.165) is 11.3 Å². The zero-order valence-corrected chi connectivity index (χ0v) is 12.5. The number of halogens is 2. The normalized spacial score (nSPS) is 10.3. The number of nitrogens with one attached hydrogen (secondary N) is 1. The van der Waals surface area contributed by atoms with Crippen molar-refractivity contribution < 1.29 is 0 Å². The van der Waals surface area contributed by atoms with Gasteiger partial charge in [0, 0.05) is 34.9 Å². The molecule has 0 aliphatic heterocycles. The Morgan fingerprint density at radius 1 is 1.10 bits per heavy atom. The molecule has 2 aromatic rings. The summed E-state index contributed by atoms with van der Waals surface area (Å²) in [5.74, 6) is 0.0274. The smallest absolute Gasteiger partial charge is 0.124 e. The molecule has 0 aliphatic rings. The van der Waals surface area contributed by atoms with E-state index in [-0.39, 0.29) is 5.84 Å². The second kappa shape index (κ2) is 6.16. The molecule has 0 bridgehead atoms. The molecule has 0 saturated carbocycles. The van der Waals surface area contributed by atoms with Crippen molar-refractivity contribution in [3.63, 3.8) is 0 Å². The fraction of sp³-hybridized carbons (Fsp3) is 0.133. The minimum atomic E-state index is 0.0274. The first kappa shape index (κ1) is 14.7. The maximum atomic E-state index is 7.64. The average molecular weight is 308 g/mol.